The van der Waals surface area contributed by atoms with Gasteiger partial charge in [0.2, 0.25) is 0 Å². The van der Waals surface area contributed by atoms with Crippen LogP contribution in [0.3, 0.4) is 0 Å². The lowest BCUT2D eigenvalue weighted by Gasteiger charge is -2.28. The number of fused-ring (bicyclic) bond motifs is 1. The molecule has 1 aromatic carbocycles. The topological polar surface area (TPSA) is 42.4 Å². The summed E-state index contributed by atoms with van der Waals surface area (Å²) in [4.78, 5) is 4.07. The van der Waals surface area contributed by atoms with E-state index >= 15 is 0 Å². The largest absolute Gasteiger partial charge is 0.388 e. The van der Waals surface area contributed by atoms with Gasteiger partial charge in [-0.2, -0.15) is 0 Å². The van der Waals surface area contributed by atoms with Gasteiger partial charge in [-0.25, -0.2) is 0 Å². The molecule has 3 heteroatoms. The molecule has 2 aromatic rings. The highest BCUT2D eigenvalue weighted by atomic mass is 16.5. The number of nitrogens with zero attached hydrogens (tertiary/aromatic N) is 1. The molecule has 1 aromatic heterocycles. The number of rotatable bonds is 3. The van der Waals surface area contributed by atoms with Gasteiger partial charge in [0.1, 0.15) is 0 Å². The summed E-state index contributed by atoms with van der Waals surface area (Å²) >= 11 is 0. The maximum Gasteiger partial charge on any atom is 0.0855 e. The molecule has 0 bridgehead atoms. The second-order valence-electron chi connectivity index (χ2n) is 5.29. The van der Waals surface area contributed by atoms with Crippen molar-refractivity contribution in [1.29, 1.82) is 0 Å². The molecular weight excluding hydrogens is 250 g/mol. The maximum atomic E-state index is 10.5. The van der Waals surface area contributed by atoms with Crippen LogP contribution in [0.1, 0.15) is 40.9 Å². The van der Waals surface area contributed by atoms with Crippen LogP contribution in [0.15, 0.2) is 42.7 Å². The molecule has 0 fully saturated rings. The predicted octanol–water partition coefficient (Wildman–Crippen LogP) is 3.13. The van der Waals surface area contributed by atoms with E-state index in [4.69, 9.17) is 4.74 Å². The zero-order valence-electron chi connectivity index (χ0n) is 11.6. The first-order valence-electron chi connectivity index (χ1n) is 7.03. The van der Waals surface area contributed by atoms with Crippen LogP contribution in [-0.2, 0) is 11.2 Å². The van der Waals surface area contributed by atoms with Crippen molar-refractivity contribution in [1.82, 2.24) is 4.98 Å². The molecule has 104 valence electrons. The number of pyridine rings is 1. The van der Waals surface area contributed by atoms with E-state index in [1.165, 1.54) is 11.1 Å². The Morgan fingerprint density at radius 3 is 3.05 bits per heavy atom. The van der Waals surface area contributed by atoms with Crippen LogP contribution in [0.4, 0.5) is 0 Å². The van der Waals surface area contributed by atoms with Crippen molar-refractivity contribution < 1.29 is 9.84 Å². The highest BCUT2D eigenvalue weighted by molar-refractivity contribution is 5.32. The zero-order chi connectivity index (χ0) is 13.9. The van der Waals surface area contributed by atoms with Gasteiger partial charge in [-0.3, -0.25) is 4.98 Å². The minimum Gasteiger partial charge on any atom is -0.388 e. The van der Waals surface area contributed by atoms with Gasteiger partial charge in [-0.1, -0.05) is 24.3 Å². The van der Waals surface area contributed by atoms with E-state index in [-0.39, 0.29) is 6.10 Å². The lowest BCUT2D eigenvalue weighted by atomic mass is 9.92. The molecule has 2 heterocycles. The number of ether oxygens (including phenoxy) is 1. The number of aliphatic hydroxyl groups excluding tert-OH is 1. The molecule has 0 radical (unpaired) electrons. The van der Waals surface area contributed by atoms with Crippen LogP contribution in [0.25, 0.3) is 0 Å². The summed E-state index contributed by atoms with van der Waals surface area (Å²) in [6.07, 6.45) is 4.51. The van der Waals surface area contributed by atoms with Crippen LogP contribution >= 0.6 is 0 Å². The summed E-state index contributed by atoms with van der Waals surface area (Å²) < 4.78 is 5.86. The van der Waals surface area contributed by atoms with Gasteiger partial charge in [-0.05, 0) is 41.7 Å². The third kappa shape index (κ3) is 2.60. The molecule has 3 rings (SSSR count). The standard InChI is InChI=1S/C17H19NO2/c1-12-11-18-8-6-14(12)16(19)10-17-15-5-3-2-4-13(15)7-9-20-17/h2-6,8,11,16-17,19H,7,9-10H2,1H3. The Morgan fingerprint density at radius 2 is 2.20 bits per heavy atom. The quantitative estimate of drug-likeness (QED) is 0.931. The van der Waals surface area contributed by atoms with E-state index in [1.807, 2.05) is 19.1 Å². The Bertz CT molecular complexity index is 597. The second-order valence-corrected chi connectivity index (χ2v) is 5.29. The molecule has 0 spiro atoms. The van der Waals surface area contributed by atoms with Gasteiger partial charge >= 0.3 is 0 Å². The first kappa shape index (κ1) is 13.3. The van der Waals surface area contributed by atoms with Gasteiger partial charge in [0.05, 0.1) is 18.8 Å². The first-order chi connectivity index (χ1) is 9.75. The molecule has 1 aliphatic rings. The van der Waals surface area contributed by atoms with Crippen LogP contribution in [0.2, 0.25) is 0 Å². The minimum absolute atomic E-state index is 0.0254. The Hall–Kier alpha value is -1.71. The molecule has 2 atom stereocenters. The van der Waals surface area contributed by atoms with Crippen LogP contribution in [0, 0.1) is 6.92 Å². The van der Waals surface area contributed by atoms with Gasteiger partial charge in [-0.15, -0.1) is 0 Å². The highest BCUT2D eigenvalue weighted by Crippen LogP contribution is 2.34. The van der Waals surface area contributed by atoms with Gasteiger partial charge in [0.25, 0.3) is 0 Å². The number of aromatic nitrogens is 1. The average molecular weight is 269 g/mol. The lowest BCUT2D eigenvalue weighted by molar-refractivity contribution is 0.00363. The average Bonchev–Trinajstić information content (AvgIpc) is 2.48. The van der Waals surface area contributed by atoms with Crippen molar-refractivity contribution in [2.45, 2.75) is 32.0 Å². The van der Waals surface area contributed by atoms with Crippen molar-refractivity contribution in [3.05, 3.63) is 65.0 Å². The second kappa shape index (κ2) is 5.73. The summed E-state index contributed by atoms with van der Waals surface area (Å²) in [6, 6.07) is 10.2. The van der Waals surface area contributed by atoms with E-state index in [9.17, 15) is 5.11 Å². The molecule has 20 heavy (non-hydrogen) atoms. The van der Waals surface area contributed by atoms with Crippen LogP contribution < -0.4 is 0 Å². The SMILES string of the molecule is Cc1cnccc1C(O)CC1OCCc2ccccc21. The molecule has 0 saturated carbocycles. The number of benzene rings is 1. The van der Waals surface area contributed by atoms with Crippen molar-refractivity contribution >= 4 is 0 Å². The van der Waals surface area contributed by atoms with Crippen molar-refractivity contribution in [3.63, 3.8) is 0 Å². The van der Waals surface area contributed by atoms with Gasteiger partial charge in [0.15, 0.2) is 0 Å². The number of hydrogen-bond donors (Lipinski definition) is 1. The summed E-state index contributed by atoms with van der Waals surface area (Å²) in [6.45, 7) is 2.70. The third-order valence-corrected chi connectivity index (χ3v) is 3.95. The molecule has 0 saturated heterocycles. The van der Waals surface area contributed by atoms with Crippen LogP contribution in [-0.4, -0.2) is 16.7 Å². The molecule has 1 N–H and O–H groups in total. The Labute approximate surface area is 119 Å². The number of aryl methyl sites for hydroxylation is 1. The summed E-state index contributed by atoms with van der Waals surface area (Å²) in [7, 11) is 0. The Balaban J connectivity index is 1.81. The predicted molar refractivity (Wildman–Crippen MR) is 77.4 cm³/mol. The summed E-state index contributed by atoms with van der Waals surface area (Å²) in [5.41, 5.74) is 4.50. The number of aliphatic hydroxyl groups is 1. The molecule has 2 unspecified atom stereocenters. The minimum atomic E-state index is -0.519. The molecule has 0 aliphatic carbocycles. The van der Waals surface area contributed by atoms with E-state index in [1.54, 1.807) is 12.4 Å². The summed E-state index contributed by atoms with van der Waals surface area (Å²) in [5, 5.41) is 10.5. The molecule has 3 nitrogen and oxygen atoms in total. The molecular formula is C17H19NO2. The van der Waals surface area contributed by atoms with Crippen molar-refractivity contribution in [3.8, 4) is 0 Å². The van der Waals surface area contributed by atoms with Crippen molar-refractivity contribution in [2.75, 3.05) is 6.61 Å². The maximum absolute atomic E-state index is 10.5. The highest BCUT2D eigenvalue weighted by Gasteiger charge is 2.24. The fourth-order valence-corrected chi connectivity index (χ4v) is 2.86. The number of hydrogen-bond acceptors (Lipinski definition) is 3. The fraction of sp³-hybridized carbons (Fsp3) is 0.353. The van der Waals surface area contributed by atoms with Gasteiger partial charge < -0.3 is 9.84 Å². The first-order valence-corrected chi connectivity index (χ1v) is 7.03. The smallest absolute Gasteiger partial charge is 0.0855 e. The monoisotopic (exact) mass is 269 g/mol. The van der Waals surface area contributed by atoms with Gasteiger partial charge in [0, 0.05) is 18.8 Å². The van der Waals surface area contributed by atoms with E-state index in [2.05, 4.69) is 23.2 Å². The summed E-state index contributed by atoms with van der Waals surface area (Å²) in [5.74, 6) is 0. The fourth-order valence-electron chi connectivity index (χ4n) is 2.86. The van der Waals surface area contributed by atoms with E-state index in [0.717, 1.165) is 24.2 Å². The van der Waals surface area contributed by atoms with Crippen LogP contribution in [0.5, 0.6) is 0 Å². The van der Waals surface area contributed by atoms with E-state index in [0.29, 0.717) is 6.42 Å². The zero-order valence-corrected chi connectivity index (χ0v) is 11.6. The van der Waals surface area contributed by atoms with E-state index < -0.39 is 6.10 Å². The molecule has 0 amide bonds. The normalized spacial score (nSPS) is 19.4. The van der Waals surface area contributed by atoms with Crippen molar-refractivity contribution in [2.24, 2.45) is 0 Å². The lowest BCUT2D eigenvalue weighted by Crippen LogP contribution is -2.18. The Kier molecular flexibility index (Phi) is 3.81. The third-order valence-electron chi connectivity index (χ3n) is 3.95. The molecule has 1 aliphatic heterocycles. The Morgan fingerprint density at radius 1 is 1.35 bits per heavy atom.